The zero-order valence-electron chi connectivity index (χ0n) is 12.5. The van der Waals surface area contributed by atoms with Crippen LogP contribution in [-0.4, -0.2) is 22.9 Å². The molecule has 0 saturated heterocycles. The molecular weight excluding hydrogens is 318 g/mol. The van der Waals surface area contributed by atoms with E-state index in [1.54, 1.807) is 13.8 Å². The van der Waals surface area contributed by atoms with Crippen molar-refractivity contribution in [1.29, 1.82) is 0 Å². The van der Waals surface area contributed by atoms with Crippen molar-refractivity contribution in [2.24, 2.45) is 0 Å². The Hall–Kier alpha value is -1.02. The highest BCUT2D eigenvalue weighted by Crippen LogP contribution is 2.26. The van der Waals surface area contributed by atoms with Crippen molar-refractivity contribution < 1.29 is 9.84 Å². The van der Waals surface area contributed by atoms with Gasteiger partial charge in [-0.25, -0.2) is 0 Å². The Morgan fingerprint density at radius 2 is 2.00 bits per heavy atom. The quantitative estimate of drug-likeness (QED) is 0.782. The summed E-state index contributed by atoms with van der Waals surface area (Å²) in [6, 6.07) is 5.78. The molecule has 110 valence electrons. The lowest BCUT2D eigenvalue weighted by Crippen LogP contribution is -2.55. The lowest BCUT2D eigenvalue weighted by molar-refractivity contribution is -0.00540. The van der Waals surface area contributed by atoms with Gasteiger partial charge in [0.2, 0.25) is 0 Å². The van der Waals surface area contributed by atoms with Gasteiger partial charge in [0, 0.05) is 22.1 Å². The number of rotatable bonds is 6. The number of benzene rings is 1. The maximum Gasteiger partial charge on any atom is 0.148 e. The van der Waals surface area contributed by atoms with Crippen molar-refractivity contribution in [3.8, 4) is 18.1 Å². The summed E-state index contributed by atoms with van der Waals surface area (Å²) in [7, 11) is 0. The van der Waals surface area contributed by atoms with Crippen LogP contribution in [0.5, 0.6) is 5.75 Å². The van der Waals surface area contributed by atoms with Gasteiger partial charge in [-0.15, -0.1) is 6.42 Å². The van der Waals surface area contributed by atoms with Gasteiger partial charge in [-0.3, -0.25) is 0 Å². The van der Waals surface area contributed by atoms with Gasteiger partial charge in [0.05, 0.1) is 5.60 Å². The van der Waals surface area contributed by atoms with Crippen molar-refractivity contribution in [1.82, 2.24) is 5.32 Å². The van der Waals surface area contributed by atoms with Gasteiger partial charge in [0.25, 0.3) is 0 Å². The summed E-state index contributed by atoms with van der Waals surface area (Å²) in [5.41, 5.74) is -0.274. The average Bonchev–Trinajstić information content (AvgIpc) is 2.34. The summed E-state index contributed by atoms with van der Waals surface area (Å²) in [4.78, 5) is 0. The lowest BCUT2D eigenvalue weighted by atomic mass is 9.86. The first-order chi connectivity index (χ1) is 9.17. The van der Waals surface area contributed by atoms with Crippen molar-refractivity contribution >= 4 is 15.9 Å². The molecule has 0 unspecified atom stereocenters. The first kappa shape index (κ1) is 17.0. The summed E-state index contributed by atoms with van der Waals surface area (Å²) < 4.78 is 6.51. The van der Waals surface area contributed by atoms with E-state index in [1.807, 2.05) is 32.0 Å². The number of hydrogen-bond donors (Lipinski definition) is 2. The zero-order valence-corrected chi connectivity index (χ0v) is 14.0. The first-order valence-electron chi connectivity index (χ1n) is 6.49. The third-order valence-electron chi connectivity index (χ3n) is 3.58. The van der Waals surface area contributed by atoms with Crippen LogP contribution < -0.4 is 10.1 Å². The van der Waals surface area contributed by atoms with Gasteiger partial charge in [0.15, 0.2) is 0 Å². The highest BCUT2D eigenvalue weighted by atomic mass is 79.9. The Kier molecular flexibility index (Phi) is 5.64. The summed E-state index contributed by atoms with van der Waals surface area (Å²) in [5.74, 6) is 3.22. The van der Waals surface area contributed by atoms with Gasteiger partial charge in [0.1, 0.15) is 12.4 Å². The molecule has 0 radical (unpaired) electrons. The third-order valence-corrected chi connectivity index (χ3v) is 4.08. The molecule has 4 heteroatoms. The molecule has 1 aromatic carbocycles. The lowest BCUT2D eigenvalue weighted by Gasteiger charge is -2.38. The molecule has 0 bridgehead atoms. The van der Waals surface area contributed by atoms with E-state index in [-0.39, 0.29) is 6.61 Å². The van der Waals surface area contributed by atoms with E-state index in [2.05, 4.69) is 27.2 Å². The van der Waals surface area contributed by atoms with Crippen LogP contribution in [0.25, 0.3) is 0 Å². The number of aliphatic hydroxyl groups is 1. The van der Waals surface area contributed by atoms with E-state index in [4.69, 9.17) is 11.2 Å². The average molecular weight is 340 g/mol. The number of nitrogens with one attached hydrogen (secondary N) is 1. The van der Waals surface area contributed by atoms with E-state index < -0.39 is 11.1 Å². The van der Waals surface area contributed by atoms with Crippen molar-refractivity contribution in [2.45, 2.75) is 45.4 Å². The predicted octanol–water partition coefficient (Wildman–Crippen LogP) is 3.10. The molecule has 0 aromatic heterocycles. The highest BCUT2D eigenvalue weighted by molar-refractivity contribution is 9.10. The Morgan fingerprint density at radius 1 is 1.35 bits per heavy atom. The molecule has 0 amide bonds. The predicted molar refractivity (Wildman–Crippen MR) is 85.7 cm³/mol. The minimum atomic E-state index is -0.834. The molecule has 3 nitrogen and oxygen atoms in total. The van der Waals surface area contributed by atoms with E-state index in [1.165, 1.54) is 0 Å². The molecule has 0 aliphatic carbocycles. The molecular formula is C16H22BrNO2. The monoisotopic (exact) mass is 339 g/mol. The number of terminal acetylenes is 1. The number of hydrogen-bond acceptors (Lipinski definition) is 3. The molecule has 0 saturated carbocycles. The Bertz CT molecular complexity index is 498. The molecule has 1 aromatic rings. The van der Waals surface area contributed by atoms with Crippen molar-refractivity contribution in [3.63, 3.8) is 0 Å². The molecule has 2 N–H and O–H groups in total. The molecule has 0 spiro atoms. The van der Waals surface area contributed by atoms with E-state index in [0.717, 1.165) is 15.8 Å². The van der Waals surface area contributed by atoms with Crippen molar-refractivity contribution in [3.05, 3.63) is 28.2 Å². The largest absolute Gasteiger partial charge is 0.481 e. The van der Waals surface area contributed by atoms with Gasteiger partial charge in [-0.1, -0.05) is 21.9 Å². The second-order valence-electron chi connectivity index (χ2n) is 5.78. The molecule has 0 fully saturated rings. The summed E-state index contributed by atoms with van der Waals surface area (Å²) >= 11 is 3.45. The van der Waals surface area contributed by atoms with Crippen LogP contribution in [-0.2, 0) is 6.54 Å². The van der Waals surface area contributed by atoms with Crippen LogP contribution in [0.4, 0.5) is 0 Å². The van der Waals surface area contributed by atoms with Crippen LogP contribution in [0.2, 0.25) is 0 Å². The summed E-state index contributed by atoms with van der Waals surface area (Å²) in [6.45, 7) is 8.33. The second kappa shape index (κ2) is 6.62. The van der Waals surface area contributed by atoms with Crippen LogP contribution in [0.3, 0.4) is 0 Å². The van der Waals surface area contributed by atoms with Gasteiger partial charge in [-0.05, 0) is 45.9 Å². The van der Waals surface area contributed by atoms with Crippen LogP contribution in [0, 0.1) is 12.3 Å². The van der Waals surface area contributed by atoms with Gasteiger partial charge >= 0.3 is 0 Å². The van der Waals surface area contributed by atoms with E-state index >= 15 is 0 Å². The fourth-order valence-corrected chi connectivity index (χ4v) is 1.89. The van der Waals surface area contributed by atoms with Gasteiger partial charge in [-0.2, -0.15) is 0 Å². The standard InChI is InChI=1S/C16H22BrNO2/c1-6-9-20-14-8-7-13(17)10-12(14)11-18-15(2,3)16(4,5)19/h1,7-8,10,18-19H,9,11H2,2-5H3. The Labute approximate surface area is 129 Å². The minimum Gasteiger partial charge on any atom is -0.481 e. The zero-order chi connectivity index (χ0) is 15.4. The molecule has 1 rings (SSSR count). The fourth-order valence-electron chi connectivity index (χ4n) is 1.48. The topological polar surface area (TPSA) is 41.5 Å². The smallest absolute Gasteiger partial charge is 0.148 e. The van der Waals surface area contributed by atoms with Crippen LogP contribution >= 0.6 is 15.9 Å². The molecule has 0 atom stereocenters. The van der Waals surface area contributed by atoms with Crippen LogP contribution in [0.1, 0.15) is 33.3 Å². The first-order valence-corrected chi connectivity index (χ1v) is 7.29. The molecule has 0 aliphatic heterocycles. The molecule has 0 aliphatic rings. The second-order valence-corrected chi connectivity index (χ2v) is 6.70. The highest BCUT2D eigenvalue weighted by Gasteiger charge is 2.34. The van der Waals surface area contributed by atoms with Gasteiger partial charge < -0.3 is 15.2 Å². The minimum absolute atomic E-state index is 0.240. The molecule has 0 heterocycles. The maximum absolute atomic E-state index is 10.2. The van der Waals surface area contributed by atoms with E-state index in [9.17, 15) is 5.11 Å². The molecule has 20 heavy (non-hydrogen) atoms. The summed E-state index contributed by atoms with van der Waals surface area (Å²) in [5, 5.41) is 13.5. The van der Waals surface area contributed by atoms with Crippen molar-refractivity contribution in [2.75, 3.05) is 6.61 Å². The normalized spacial score (nSPS) is 12.1. The third kappa shape index (κ3) is 4.52. The SMILES string of the molecule is C#CCOc1ccc(Br)cc1CNC(C)(C)C(C)(C)O. The summed E-state index contributed by atoms with van der Waals surface area (Å²) in [6.07, 6.45) is 5.22. The van der Waals surface area contributed by atoms with E-state index in [0.29, 0.717) is 6.54 Å². The Balaban J connectivity index is 2.86. The maximum atomic E-state index is 10.2. The van der Waals surface area contributed by atoms with Crippen LogP contribution in [0.15, 0.2) is 22.7 Å². The number of halogens is 1. The fraction of sp³-hybridized carbons (Fsp3) is 0.500. The number of ether oxygens (including phenoxy) is 1. The Morgan fingerprint density at radius 3 is 2.55 bits per heavy atom.